The van der Waals surface area contributed by atoms with Crippen molar-refractivity contribution in [2.45, 2.75) is 26.2 Å². The minimum absolute atomic E-state index is 0.0915. The third kappa shape index (κ3) is 5.69. The fourth-order valence-electron chi connectivity index (χ4n) is 3.20. The third-order valence-corrected chi connectivity index (χ3v) is 4.96. The largest absolute Gasteiger partial charge is 0.459 e. The molecule has 6 nitrogen and oxygen atoms in total. The van der Waals surface area contributed by atoms with Crippen LogP contribution in [-0.4, -0.2) is 42.9 Å². The molecule has 0 spiro atoms. The Morgan fingerprint density at radius 2 is 1.85 bits per heavy atom. The fourth-order valence-corrected chi connectivity index (χ4v) is 3.20. The monoisotopic (exact) mass is 369 g/mol. The zero-order chi connectivity index (χ0) is 19.1. The lowest BCUT2D eigenvalue weighted by Crippen LogP contribution is -2.35. The van der Waals surface area contributed by atoms with Gasteiger partial charge in [0.25, 0.3) is 11.8 Å². The molecule has 2 aromatic rings. The average Bonchev–Trinajstić information content (AvgIpc) is 3.22. The maximum absolute atomic E-state index is 12.2. The Bertz CT molecular complexity index is 733. The van der Waals surface area contributed by atoms with Crippen molar-refractivity contribution in [2.24, 2.45) is 5.92 Å². The van der Waals surface area contributed by atoms with Crippen molar-refractivity contribution in [3.8, 4) is 0 Å². The van der Waals surface area contributed by atoms with Gasteiger partial charge in [-0.3, -0.25) is 9.59 Å². The van der Waals surface area contributed by atoms with Crippen molar-refractivity contribution < 1.29 is 14.0 Å². The zero-order valence-corrected chi connectivity index (χ0v) is 15.7. The quantitative estimate of drug-likeness (QED) is 0.734. The molecule has 1 fully saturated rings. The Labute approximate surface area is 159 Å². The van der Waals surface area contributed by atoms with Crippen LogP contribution in [-0.2, 0) is 0 Å². The van der Waals surface area contributed by atoms with E-state index in [4.69, 9.17) is 4.42 Å². The molecule has 0 unspecified atom stereocenters. The lowest BCUT2D eigenvalue weighted by molar-refractivity contribution is 0.0949. The van der Waals surface area contributed by atoms with Gasteiger partial charge in [-0.05, 0) is 81.2 Å². The van der Waals surface area contributed by atoms with Gasteiger partial charge in [0.2, 0.25) is 0 Å². The van der Waals surface area contributed by atoms with Gasteiger partial charge in [0, 0.05) is 17.8 Å². The first-order valence-electron chi connectivity index (χ1n) is 9.57. The van der Waals surface area contributed by atoms with E-state index >= 15 is 0 Å². The Morgan fingerprint density at radius 1 is 1.11 bits per heavy atom. The Hall–Kier alpha value is -2.60. The van der Waals surface area contributed by atoms with Gasteiger partial charge in [-0.2, -0.15) is 0 Å². The number of nitrogens with zero attached hydrogens (tertiary/aromatic N) is 1. The molecule has 0 saturated carbocycles. The van der Waals surface area contributed by atoms with E-state index in [1.54, 1.807) is 36.4 Å². The molecule has 0 bridgehead atoms. The number of furan rings is 1. The summed E-state index contributed by atoms with van der Waals surface area (Å²) >= 11 is 0. The topological polar surface area (TPSA) is 74.6 Å². The Morgan fingerprint density at radius 3 is 2.52 bits per heavy atom. The lowest BCUT2D eigenvalue weighted by atomic mass is 9.99. The summed E-state index contributed by atoms with van der Waals surface area (Å²) in [6.45, 7) is 6.35. The zero-order valence-electron chi connectivity index (χ0n) is 15.7. The van der Waals surface area contributed by atoms with Gasteiger partial charge in [0.15, 0.2) is 5.76 Å². The molecule has 2 amide bonds. The predicted octanol–water partition coefficient (Wildman–Crippen LogP) is 3.38. The molecule has 1 aromatic heterocycles. The van der Waals surface area contributed by atoms with Gasteiger partial charge in [0.1, 0.15) is 0 Å². The van der Waals surface area contributed by atoms with Crippen LogP contribution in [0.25, 0.3) is 0 Å². The molecule has 2 N–H and O–H groups in total. The van der Waals surface area contributed by atoms with Crippen molar-refractivity contribution in [3.05, 3.63) is 54.0 Å². The number of piperidine rings is 1. The van der Waals surface area contributed by atoms with Gasteiger partial charge in [-0.15, -0.1) is 0 Å². The summed E-state index contributed by atoms with van der Waals surface area (Å²) in [6.07, 6.45) is 4.95. The first-order chi connectivity index (χ1) is 13.1. The summed E-state index contributed by atoms with van der Waals surface area (Å²) in [6, 6.07) is 10.1. The molecule has 0 atom stereocenters. The number of rotatable bonds is 7. The minimum atomic E-state index is -0.315. The Kier molecular flexibility index (Phi) is 6.65. The van der Waals surface area contributed by atoms with E-state index in [2.05, 4.69) is 22.5 Å². The molecule has 1 aliphatic rings. The molecule has 2 heterocycles. The lowest BCUT2D eigenvalue weighted by Gasteiger charge is -2.30. The summed E-state index contributed by atoms with van der Waals surface area (Å²) in [5.41, 5.74) is 1.20. The van der Waals surface area contributed by atoms with Crippen LogP contribution in [0.5, 0.6) is 0 Å². The number of hydrogen-bond donors (Lipinski definition) is 2. The van der Waals surface area contributed by atoms with Gasteiger partial charge in [-0.25, -0.2) is 0 Å². The molecule has 3 rings (SSSR count). The minimum Gasteiger partial charge on any atom is -0.459 e. The highest BCUT2D eigenvalue weighted by molar-refractivity contribution is 6.02. The number of hydrogen-bond acceptors (Lipinski definition) is 4. The number of carbonyl (C=O) groups is 2. The number of amides is 2. The fraction of sp³-hybridized carbons (Fsp3) is 0.429. The predicted molar refractivity (Wildman–Crippen MR) is 105 cm³/mol. The standard InChI is InChI=1S/C21H27N3O3/c1-16-9-13-24(14-10-16)12-3-11-22-20(25)17-5-7-18(8-6-17)23-21(26)19-4-2-15-27-19/h2,4-8,15-16H,3,9-14H2,1H3,(H,22,25)(H,23,26). The van der Waals surface area contributed by atoms with Gasteiger partial charge >= 0.3 is 0 Å². The van der Waals surface area contributed by atoms with Crippen LogP contribution in [0.2, 0.25) is 0 Å². The highest BCUT2D eigenvalue weighted by atomic mass is 16.3. The average molecular weight is 369 g/mol. The van der Waals surface area contributed by atoms with Crippen LogP contribution in [0.1, 0.15) is 47.1 Å². The van der Waals surface area contributed by atoms with Gasteiger partial charge in [-0.1, -0.05) is 6.92 Å². The number of nitrogens with one attached hydrogen (secondary N) is 2. The molecular formula is C21H27N3O3. The highest BCUT2D eigenvalue weighted by Crippen LogP contribution is 2.16. The van der Waals surface area contributed by atoms with E-state index < -0.39 is 0 Å². The molecule has 1 aromatic carbocycles. The maximum atomic E-state index is 12.2. The number of carbonyl (C=O) groups excluding carboxylic acids is 2. The molecule has 27 heavy (non-hydrogen) atoms. The number of benzene rings is 1. The van der Waals surface area contributed by atoms with Crippen LogP contribution in [0, 0.1) is 5.92 Å². The van der Waals surface area contributed by atoms with Gasteiger partial charge < -0.3 is 20.0 Å². The molecule has 1 saturated heterocycles. The highest BCUT2D eigenvalue weighted by Gasteiger charge is 2.15. The summed E-state index contributed by atoms with van der Waals surface area (Å²) < 4.78 is 5.05. The van der Waals surface area contributed by atoms with Crippen molar-refractivity contribution in [1.29, 1.82) is 0 Å². The van der Waals surface area contributed by atoms with E-state index in [0.29, 0.717) is 17.8 Å². The van der Waals surface area contributed by atoms with Crippen LogP contribution >= 0.6 is 0 Å². The number of likely N-dealkylation sites (tertiary alicyclic amines) is 1. The second kappa shape index (κ2) is 9.37. The SMILES string of the molecule is CC1CCN(CCCNC(=O)c2ccc(NC(=O)c3ccco3)cc2)CC1. The van der Waals surface area contributed by atoms with Crippen LogP contribution in [0.3, 0.4) is 0 Å². The molecule has 1 aliphatic heterocycles. The first kappa shape index (κ1) is 19.2. The summed E-state index contributed by atoms with van der Waals surface area (Å²) in [7, 11) is 0. The summed E-state index contributed by atoms with van der Waals surface area (Å²) in [5.74, 6) is 0.684. The van der Waals surface area contributed by atoms with E-state index in [9.17, 15) is 9.59 Å². The molecule has 144 valence electrons. The van der Waals surface area contributed by atoms with Crippen molar-refractivity contribution >= 4 is 17.5 Å². The normalized spacial score (nSPS) is 15.4. The summed E-state index contributed by atoms with van der Waals surface area (Å²) in [4.78, 5) is 26.6. The molecule has 0 aliphatic carbocycles. The van der Waals surface area contributed by atoms with Crippen LogP contribution < -0.4 is 10.6 Å². The van der Waals surface area contributed by atoms with Crippen molar-refractivity contribution in [1.82, 2.24) is 10.2 Å². The van der Waals surface area contributed by atoms with Gasteiger partial charge in [0.05, 0.1) is 6.26 Å². The smallest absolute Gasteiger partial charge is 0.291 e. The molecule has 0 radical (unpaired) electrons. The molecule has 6 heteroatoms. The third-order valence-electron chi connectivity index (χ3n) is 4.96. The summed E-state index contributed by atoms with van der Waals surface area (Å²) in [5, 5.41) is 5.69. The Balaban J connectivity index is 1.39. The van der Waals surface area contributed by atoms with E-state index in [-0.39, 0.29) is 17.6 Å². The van der Waals surface area contributed by atoms with Crippen LogP contribution in [0.15, 0.2) is 47.1 Å². The van der Waals surface area contributed by atoms with Crippen LogP contribution in [0.4, 0.5) is 5.69 Å². The second-order valence-corrected chi connectivity index (χ2v) is 7.14. The second-order valence-electron chi connectivity index (χ2n) is 7.14. The number of anilines is 1. The maximum Gasteiger partial charge on any atom is 0.291 e. The molecular weight excluding hydrogens is 342 g/mol. The first-order valence-corrected chi connectivity index (χ1v) is 9.57. The van der Waals surface area contributed by atoms with Crippen molar-refractivity contribution in [2.75, 3.05) is 31.5 Å². The van der Waals surface area contributed by atoms with E-state index in [0.717, 1.165) is 18.9 Å². The van der Waals surface area contributed by atoms with E-state index in [1.807, 2.05) is 0 Å². The van der Waals surface area contributed by atoms with E-state index in [1.165, 1.54) is 32.2 Å². The van der Waals surface area contributed by atoms with Crippen molar-refractivity contribution in [3.63, 3.8) is 0 Å².